The highest BCUT2D eigenvalue weighted by atomic mass is 16.5. The van der Waals surface area contributed by atoms with E-state index in [1.165, 1.54) is 0 Å². The summed E-state index contributed by atoms with van der Waals surface area (Å²) in [6.45, 7) is 8.31. The summed E-state index contributed by atoms with van der Waals surface area (Å²) in [5.41, 5.74) is 2.68. The van der Waals surface area contributed by atoms with Crippen LogP contribution in [0.3, 0.4) is 0 Å². The molecule has 0 spiro atoms. The van der Waals surface area contributed by atoms with Gasteiger partial charge in [0.1, 0.15) is 17.4 Å². The molecule has 0 aliphatic carbocycles. The lowest BCUT2D eigenvalue weighted by Crippen LogP contribution is -2.18. The lowest BCUT2D eigenvalue weighted by molar-refractivity contribution is 0.413. The van der Waals surface area contributed by atoms with Crippen LogP contribution in [0.5, 0.6) is 5.75 Å². The van der Waals surface area contributed by atoms with Crippen LogP contribution in [0.2, 0.25) is 0 Å². The van der Waals surface area contributed by atoms with Crippen LogP contribution in [-0.4, -0.2) is 29.1 Å². The Balaban J connectivity index is 2.66. The largest absolute Gasteiger partial charge is 0.495 e. The van der Waals surface area contributed by atoms with Crippen molar-refractivity contribution < 1.29 is 4.74 Å². The average molecular weight is 286 g/mol. The molecule has 0 saturated heterocycles. The van der Waals surface area contributed by atoms with Gasteiger partial charge >= 0.3 is 0 Å². The van der Waals surface area contributed by atoms with Crippen molar-refractivity contribution in [3.63, 3.8) is 0 Å². The minimum Gasteiger partial charge on any atom is -0.495 e. The summed E-state index contributed by atoms with van der Waals surface area (Å²) >= 11 is 0. The molecular formula is C16H22N4O. The van der Waals surface area contributed by atoms with E-state index < -0.39 is 0 Å². The number of hydrogen-bond acceptors (Lipinski definition) is 5. The SMILES string of the molecule is CNc1nc(C(C)(C)C)nc(-c2cncc(OC)c2)c1C. The Labute approximate surface area is 125 Å². The van der Waals surface area contributed by atoms with Crippen molar-refractivity contribution in [2.24, 2.45) is 0 Å². The summed E-state index contributed by atoms with van der Waals surface area (Å²) < 4.78 is 5.25. The minimum atomic E-state index is -0.125. The molecule has 0 amide bonds. The van der Waals surface area contributed by atoms with Gasteiger partial charge in [-0.25, -0.2) is 9.97 Å². The zero-order valence-corrected chi connectivity index (χ0v) is 13.5. The molecule has 0 atom stereocenters. The lowest BCUT2D eigenvalue weighted by Gasteiger charge is -2.20. The van der Waals surface area contributed by atoms with Gasteiger partial charge in [-0.1, -0.05) is 20.8 Å². The standard InChI is InChI=1S/C16H22N4O/c1-10-13(11-7-12(21-6)9-18-8-11)19-15(16(2,3)4)20-14(10)17-5/h7-9H,1-6H3,(H,17,19,20). The van der Waals surface area contributed by atoms with Crippen LogP contribution >= 0.6 is 0 Å². The predicted molar refractivity (Wildman–Crippen MR) is 84.8 cm³/mol. The molecule has 0 radical (unpaired) electrons. The summed E-state index contributed by atoms with van der Waals surface area (Å²) in [7, 11) is 3.50. The third kappa shape index (κ3) is 3.12. The van der Waals surface area contributed by atoms with Crippen LogP contribution < -0.4 is 10.1 Å². The maximum Gasteiger partial charge on any atom is 0.137 e. The number of rotatable bonds is 3. The van der Waals surface area contributed by atoms with Gasteiger partial charge in [0.25, 0.3) is 0 Å². The lowest BCUT2D eigenvalue weighted by atomic mass is 9.95. The number of nitrogens with zero attached hydrogens (tertiary/aromatic N) is 3. The molecule has 0 fully saturated rings. The highest BCUT2D eigenvalue weighted by molar-refractivity contribution is 5.68. The summed E-state index contributed by atoms with van der Waals surface area (Å²) in [4.78, 5) is 13.6. The van der Waals surface area contributed by atoms with Gasteiger partial charge in [-0.15, -0.1) is 0 Å². The van der Waals surface area contributed by atoms with E-state index in [1.54, 1.807) is 19.5 Å². The first-order valence-electron chi connectivity index (χ1n) is 6.93. The fraction of sp³-hybridized carbons (Fsp3) is 0.438. The third-order valence-corrected chi connectivity index (χ3v) is 3.28. The molecule has 2 aromatic rings. The Hall–Kier alpha value is -2.17. The van der Waals surface area contributed by atoms with Crippen LogP contribution in [0.4, 0.5) is 5.82 Å². The van der Waals surface area contributed by atoms with Crippen molar-refractivity contribution in [2.45, 2.75) is 33.1 Å². The zero-order chi connectivity index (χ0) is 15.6. The Bertz CT molecular complexity index is 647. The molecule has 5 heteroatoms. The maximum atomic E-state index is 5.25. The number of ether oxygens (including phenoxy) is 1. The van der Waals surface area contributed by atoms with Gasteiger partial charge in [0.05, 0.1) is 19.0 Å². The Kier molecular flexibility index (Phi) is 4.11. The van der Waals surface area contributed by atoms with Crippen molar-refractivity contribution in [1.29, 1.82) is 0 Å². The Morgan fingerprint density at radius 1 is 1.14 bits per heavy atom. The molecule has 2 heterocycles. The van der Waals surface area contributed by atoms with Gasteiger partial charge < -0.3 is 10.1 Å². The van der Waals surface area contributed by atoms with E-state index in [1.807, 2.05) is 20.0 Å². The van der Waals surface area contributed by atoms with Crippen LogP contribution in [0.1, 0.15) is 32.2 Å². The van der Waals surface area contributed by atoms with Gasteiger partial charge in [-0.3, -0.25) is 4.98 Å². The molecule has 112 valence electrons. The first-order valence-corrected chi connectivity index (χ1v) is 6.93. The molecule has 0 bridgehead atoms. The molecular weight excluding hydrogens is 264 g/mol. The van der Waals surface area contributed by atoms with Crippen molar-refractivity contribution in [3.8, 4) is 17.0 Å². The highest BCUT2D eigenvalue weighted by Gasteiger charge is 2.21. The van der Waals surface area contributed by atoms with Gasteiger partial charge in [0.2, 0.25) is 0 Å². The topological polar surface area (TPSA) is 59.9 Å². The van der Waals surface area contributed by atoms with Crippen molar-refractivity contribution in [2.75, 3.05) is 19.5 Å². The predicted octanol–water partition coefficient (Wildman–Crippen LogP) is 3.19. The number of hydrogen-bond donors (Lipinski definition) is 1. The quantitative estimate of drug-likeness (QED) is 0.939. The molecule has 2 rings (SSSR count). The monoisotopic (exact) mass is 286 g/mol. The van der Waals surface area contributed by atoms with Gasteiger partial charge in [0, 0.05) is 29.8 Å². The van der Waals surface area contributed by atoms with Crippen molar-refractivity contribution >= 4 is 5.82 Å². The second-order valence-corrected chi connectivity index (χ2v) is 5.98. The van der Waals surface area contributed by atoms with E-state index in [9.17, 15) is 0 Å². The Morgan fingerprint density at radius 2 is 1.86 bits per heavy atom. The second-order valence-electron chi connectivity index (χ2n) is 5.98. The molecule has 2 aromatic heterocycles. The van der Waals surface area contributed by atoms with Crippen molar-refractivity contribution in [1.82, 2.24) is 15.0 Å². The van der Waals surface area contributed by atoms with Gasteiger partial charge in [0.15, 0.2) is 0 Å². The first-order chi connectivity index (χ1) is 9.86. The Morgan fingerprint density at radius 3 is 2.43 bits per heavy atom. The number of pyridine rings is 1. The van der Waals surface area contributed by atoms with Crippen molar-refractivity contribution in [3.05, 3.63) is 29.8 Å². The highest BCUT2D eigenvalue weighted by Crippen LogP contribution is 2.30. The summed E-state index contributed by atoms with van der Waals surface area (Å²) in [5.74, 6) is 2.36. The van der Waals surface area contributed by atoms with Crippen LogP contribution in [0, 0.1) is 6.92 Å². The van der Waals surface area contributed by atoms with Crippen LogP contribution in [0.25, 0.3) is 11.3 Å². The van der Waals surface area contributed by atoms with Gasteiger partial charge in [-0.05, 0) is 13.0 Å². The second kappa shape index (κ2) is 5.68. The fourth-order valence-electron chi connectivity index (χ4n) is 2.04. The average Bonchev–Trinajstić information content (AvgIpc) is 2.46. The van der Waals surface area contributed by atoms with Crippen LogP contribution in [0.15, 0.2) is 18.5 Å². The van der Waals surface area contributed by atoms with E-state index in [4.69, 9.17) is 9.72 Å². The number of anilines is 1. The molecule has 0 unspecified atom stereocenters. The normalized spacial score (nSPS) is 11.3. The number of nitrogens with one attached hydrogen (secondary N) is 1. The fourth-order valence-corrected chi connectivity index (χ4v) is 2.04. The van der Waals surface area contributed by atoms with E-state index in [0.717, 1.165) is 28.5 Å². The smallest absolute Gasteiger partial charge is 0.137 e. The third-order valence-electron chi connectivity index (χ3n) is 3.28. The van der Waals surface area contributed by atoms with Crippen LogP contribution in [-0.2, 0) is 5.41 Å². The summed E-state index contributed by atoms with van der Waals surface area (Å²) in [6, 6.07) is 1.94. The molecule has 0 aliphatic rings. The minimum absolute atomic E-state index is 0.125. The van der Waals surface area contributed by atoms with Gasteiger partial charge in [-0.2, -0.15) is 0 Å². The molecule has 5 nitrogen and oxygen atoms in total. The maximum absolute atomic E-state index is 5.25. The van der Waals surface area contributed by atoms with E-state index >= 15 is 0 Å². The van der Waals surface area contributed by atoms with E-state index in [2.05, 4.69) is 36.1 Å². The molecule has 1 N–H and O–H groups in total. The summed E-state index contributed by atoms with van der Waals surface area (Å²) in [6.07, 6.45) is 3.48. The molecule has 21 heavy (non-hydrogen) atoms. The first kappa shape index (κ1) is 15.2. The zero-order valence-electron chi connectivity index (χ0n) is 13.5. The molecule has 0 aromatic carbocycles. The number of aromatic nitrogens is 3. The summed E-state index contributed by atoms with van der Waals surface area (Å²) in [5, 5.41) is 3.14. The molecule has 0 saturated carbocycles. The van der Waals surface area contributed by atoms with E-state index in [-0.39, 0.29) is 5.41 Å². The number of methoxy groups -OCH3 is 1. The van der Waals surface area contributed by atoms with E-state index in [0.29, 0.717) is 5.75 Å². The molecule has 0 aliphatic heterocycles.